The molecule has 2 rings (SSSR count). The van der Waals surface area contributed by atoms with Crippen LogP contribution in [0.25, 0.3) is 0 Å². The van der Waals surface area contributed by atoms with Crippen LogP contribution in [0.1, 0.15) is 5.76 Å². The third-order valence-electron chi connectivity index (χ3n) is 1.63. The largest absolute Gasteiger partial charge is 0.468 e. The maximum Gasteiger partial charge on any atom is 0.222 e. The number of rotatable bonds is 3. The third-order valence-corrected chi connectivity index (χ3v) is 2.76. The molecule has 4 nitrogen and oxygen atoms in total. The van der Waals surface area contributed by atoms with Gasteiger partial charge in [0.15, 0.2) is 0 Å². The van der Waals surface area contributed by atoms with Crippen molar-refractivity contribution in [1.29, 1.82) is 0 Å². The van der Waals surface area contributed by atoms with Gasteiger partial charge in [0.2, 0.25) is 5.95 Å². The lowest BCUT2D eigenvalue weighted by Crippen LogP contribution is -1.95. The molecule has 0 unspecified atom stereocenters. The molecule has 0 fully saturated rings. The van der Waals surface area contributed by atoms with Crippen molar-refractivity contribution in [1.82, 2.24) is 9.97 Å². The number of halogens is 1. The van der Waals surface area contributed by atoms with E-state index in [0.717, 1.165) is 10.8 Å². The van der Waals surface area contributed by atoms with Gasteiger partial charge in [-0.15, -0.1) is 0 Å². The Hall–Kier alpha value is -1.20. The van der Waals surface area contributed by atoms with Crippen molar-refractivity contribution in [2.45, 2.75) is 10.8 Å². The van der Waals surface area contributed by atoms with Crippen LogP contribution in [0.2, 0.25) is 5.15 Å². The second kappa shape index (κ2) is 4.55. The molecule has 0 aliphatic carbocycles. The van der Waals surface area contributed by atoms with Crippen LogP contribution in [-0.2, 0) is 5.75 Å². The van der Waals surface area contributed by atoms with Gasteiger partial charge in [-0.05, 0) is 12.1 Å². The van der Waals surface area contributed by atoms with E-state index in [1.807, 2.05) is 12.1 Å². The lowest BCUT2D eigenvalue weighted by molar-refractivity contribution is 0.530. The number of nitrogens with two attached hydrogens (primary N) is 1. The molecule has 0 aliphatic rings. The second-order valence-corrected chi connectivity index (χ2v) is 4.14. The maximum atomic E-state index is 5.74. The zero-order valence-electron chi connectivity index (χ0n) is 7.68. The molecule has 78 valence electrons. The van der Waals surface area contributed by atoms with Crippen LogP contribution in [0.3, 0.4) is 0 Å². The molecule has 2 N–H and O–H groups in total. The average Bonchev–Trinajstić information content (AvgIpc) is 2.65. The first-order valence-corrected chi connectivity index (χ1v) is 5.55. The minimum absolute atomic E-state index is 0.185. The minimum atomic E-state index is 0.185. The number of hydrogen-bond donors (Lipinski definition) is 1. The highest BCUT2D eigenvalue weighted by Gasteiger charge is 2.03. The van der Waals surface area contributed by atoms with Crippen LogP contribution in [0.5, 0.6) is 0 Å². The third kappa shape index (κ3) is 2.87. The molecule has 2 heterocycles. The molecule has 0 aromatic carbocycles. The monoisotopic (exact) mass is 241 g/mol. The van der Waals surface area contributed by atoms with Crippen LogP contribution < -0.4 is 5.73 Å². The number of hydrogen-bond acceptors (Lipinski definition) is 5. The highest BCUT2D eigenvalue weighted by atomic mass is 35.5. The van der Waals surface area contributed by atoms with E-state index in [1.54, 1.807) is 12.3 Å². The number of furan rings is 1. The summed E-state index contributed by atoms with van der Waals surface area (Å²) in [6, 6.07) is 5.42. The molecule has 2 aromatic heterocycles. The summed E-state index contributed by atoms with van der Waals surface area (Å²) in [4.78, 5) is 7.81. The van der Waals surface area contributed by atoms with Gasteiger partial charge in [0.1, 0.15) is 15.9 Å². The van der Waals surface area contributed by atoms with E-state index in [4.69, 9.17) is 21.8 Å². The van der Waals surface area contributed by atoms with E-state index in [-0.39, 0.29) is 5.95 Å². The molecular weight excluding hydrogens is 234 g/mol. The molecular formula is C9H8ClN3OS. The van der Waals surface area contributed by atoms with Crippen LogP contribution in [0, 0.1) is 0 Å². The molecule has 0 saturated heterocycles. The van der Waals surface area contributed by atoms with Crippen molar-refractivity contribution in [2.24, 2.45) is 0 Å². The maximum absolute atomic E-state index is 5.74. The Labute approximate surface area is 95.9 Å². The van der Waals surface area contributed by atoms with E-state index >= 15 is 0 Å². The van der Waals surface area contributed by atoms with Crippen LogP contribution in [0.4, 0.5) is 5.95 Å². The molecule has 0 aliphatic heterocycles. The first kappa shape index (κ1) is 10.3. The Bertz CT molecular complexity index is 426. The lowest BCUT2D eigenvalue weighted by Gasteiger charge is -2.00. The van der Waals surface area contributed by atoms with E-state index < -0.39 is 0 Å². The summed E-state index contributed by atoms with van der Waals surface area (Å²) in [6.07, 6.45) is 1.64. The zero-order chi connectivity index (χ0) is 10.7. The minimum Gasteiger partial charge on any atom is -0.468 e. The Morgan fingerprint density at radius 2 is 2.33 bits per heavy atom. The van der Waals surface area contributed by atoms with Gasteiger partial charge in [-0.25, -0.2) is 9.97 Å². The summed E-state index contributed by atoms with van der Waals surface area (Å²) < 4.78 is 5.19. The molecule has 0 atom stereocenters. The van der Waals surface area contributed by atoms with E-state index in [1.165, 1.54) is 11.8 Å². The fourth-order valence-corrected chi connectivity index (χ4v) is 2.09. The molecule has 0 spiro atoms. The van der Waals surface area contributed by atoms with Crippen molar-refractivity contribution >= 4 is 29.3 Å². The van der Waals surface area contributed by atoms with Crippen LogP contribution >= 0.6 is 23.4 Å². The summed E-state index contributed by atoms with van der Waals surface area (Å²) in [5, 5.41) is 1.09. The fourth-order valence-electron chi connectivity index (χ4n) is 1.03. The topological polar surface area (TPSA) is 64.9 Å². The molecule has 2 aromatic rings. The van der Waals surface area contributed by atoms with Crippen molar-refractivity contribution in [3.8, 4) is 0 Å². The quantitative estimate of drug-likeness (QED) is 0.661. The van der Waals surface area contributed by atoms with Gasteiger partial charge in [0.05, 0.1) is 12.0 Å². The van der Waals surface area contributed by atoms with E-state index in [9.17, 15) is 0 Å². The number of thioether (sulfide) groups is 1. The Kier molecular flexibility index (Phi) is 3.13. The van der Waals surface area contributed by atoms with Crippen LogP contribution in [0.15, 0.2) is 33.9 Å². The Morgan fingerprint density at radius 3 is 3.00 bits per heavy atom. The zero-order valence-corrected chi connectivity index (χ0v) is 9.26. The Balaban J connectivity index is 2.05. The van der Waals surface area contributed by atoms with Gasteiger partial charge in [0, 0.05) is 6.07 Å². The first-order chi connectivity index (χ1) is 7.24. The smallest absolute Gasteiger partial charge is 0.222 e. The number of anilines is 1. The summed E-state index contributed by atoms with van der Waals surface area (Å²) in [5.41, 5.74) is 5.46. The first-order valence-electron chi connectivity index (χ1n) is 4.19. The number of nitrogens with zero attached hydrogens (tertiary/aromatic N) is 2. The van der Waals surface area contributed by atoms with Crippen molar-refractivity contribution in [3.05, 3.63) is 35.4 Å². The molecule has 15 heavy (non-hydrogen) atoms. The number of aromatic nitrogens is 2. The van der Waals surface area contributed by atoms with Crippen LogP contribution in [-0.4, -0.2) is 9.97 Å². The summed E-state index contributed by atoms with van der Waals surface area (Å²) >= 11 is 7.24. The molecule has 6 heteroatoms. The standard InChI is InChI=1S/C9H8ClN3OS/c10-7-4-8(13-9(11)12-7)15-5-6-2-1-3-14-6/h1-4H,5H2,(H2,11,12,13). The van der Waals surface area contributed by atoms with Gasteiger partial charge >= 0.3 is 0 Å². The van der Waals surface area contributed by atoms with Gasteiger partial charge in [-0.3, -0.25) is 0 Å². The van der Waals surface area contributed by atoms with Crippen molar-refractivity contribution < 1.29 is 4.42 Å². The SMILES string of the molecule is Nc1nc(Cl)cc(SCc2ccco2)n1. The lowest BCUT2D eigenvalue weighted by atomic mass is 10.5. The normalized spacial score (nSPS) is 10.5. The van der Waals surface area contributed by atoms with Crippen molar-refractivity contribution in [2.75, 3.05) is 5.73 Å². The highest BCUT2D eigenvalue weighted by Crippen LogP contribution is 2.23. The molecule has 0 amide bonds. The number of nitrogen functional groups attached to an aromatic ring is 1. The summed E-state index contributed by atoms with van der Waals surface area (Å²) in [5.74, 6) is 1.76. The van der Waals surface area contributed by atoms with Gasteiger partial charge in [0.25, 0.3) is 0 Å². The van der Waals surface area contributed by atoms with Crippen molar-refractivity contribution in [3.63, 3.8) is 0 Å². The molecule has 0 bridgehead atoms. The predicted molar refractivity (Wildman–Crippen MR) is 59.7 cm³/mol. The van der Waals surface area contributed by atoms with Gasteiger partial charge in [-0.1, -0.05) is 23.4 Å². The Morgan fingerprint density at radius 1 is 1.47 bits per heavy atom. The highest BCUT2D eigenvalue weighted by molar-refractivity contribution is 7.98. The average molecular weight is 242 g/mol. The fraction of sp³-hybridized carbons (Fsp3) is 0.111. The summed E-state index contributed by atoms with van der Waals surface area (Å²) in [6.45, 7) is 0. The second-order valence-electron chi connectivity index (χ2n) is 2.76. The summed E-state index contributed by atoms with van der Waals surface area (Å²) in [7, 11) is 0. The molecule has 0 saturated carbocycles. The predicted octanol–water partition coefficient (Wildman–Crippen LogP) is 2.60. The van der Waals surface area contributed by atoms with Gasteiger partial charge in [-0.2, -0.15) is 0 Å². The van der Waals surface area contributed by atoms with E-state index in [2.05, 4.69) is 9.97 Å². The molecule has 0 radical (unpaired) electrons. The van der Waals surface area contributed by atoms with E-state index in [0.29, 0.717) is 10.9 Å². The van der Waals surface area contributed by atoms with Gasteiger partial charge < -0.3 is 10.2 Å².